The lowest BCUT2D eigenvalue weighted by molar-refractivity contribution is -0.247. The smallest absolute Gasteiger partial charge is 0.372 e. The van der Waals surface area contributed by atoms with Crippen LogP contribution in [0.3, 0.4) is 0 Å². The summed E-state index contributed by atoms with van der Waals surface area (Å²) in [5.74, 6) is 0. The molecule has 0 fully saturated rings. The molecular weight excluding hydrogens is 393 g/mol. The Morgan fingerprint density at radius 1 is 0.967 bits per heavy atom. The molecule has 3 heterocycles. The van der Waals surface area contributed by atoms with E-state index in [0.717, 1.165) is 0 Å². The number of hydrogen-bond acceptors (Lipinski definition) is 3. The van der Waals surface area contributed by atoms with Crippen molar-refractivity contribution in [2.75, 3.05) is 0 Å². The van der Waals surface area contributed by atoms with Crippen LogP contribution in [0.2, 0.25) is 0 Å². The van der Waals surface area contributed by atoms with E-state index in [2.05, 4.69) is 15.1 Å². The number of alkyl halides is 3. The van der Waals surface area contributed by atoms with Gasteiger partial charge in [0.05, 0.1) is 23.6 Å². The van der Waals surface area contributed by atoms with Crippen molar-refractivity contribution in [2.45, 2.75) is 11.8 Å². The Labute approximate surface area is 168 Å². The second-order valence-electron chi connectivity index (χ2n) is 7.00. The largest absolute Gasteiger partial charge is 0.425 e. The predicted molar refractivity (Wildman–Crippen MR) is 106 cm³/mol. The molecule has 0 bridgehead atoms. The van der Waals surface area contributed by atoms with Gasteiger partial charge in [-0.05, 0) is 35.9 Å². The quantitative estimate of drug-likeness (QED) is 0.455. The molecule has 5 nitrogen and oxygen atoms in total. The monoisotopic (exact) mass is 408 g/mol. The SMILES string of the molecule is OC(c1ccc2c(cnn2-c2cccnc2)c1)(c1c[nH]c2ccccc12)C(F)(F)F. The van der Waals surface area contributed by atoms with Crippen molar-refractivity contribution in [3.63, 3.8) is 0 Å². The Hall–Kier alpha value is -3.65. The average Bonchev–Trinajstić information content (AvgIpc) is 3.37. The second kappa shape index (κ2) is 6.43. The molecule has 0 saturated heterocycles. The number of hydrogen-bond donors (Lipinski definition) is 2. The number of aromatic nitrogens is 4. The number of aliphatic hydroxyl groups is 1. The number of halogens is 3. The number of pyridine rings is 1. The molecule has 1 atom stereocenters. The van der Waals surface area contributed by atoms with E-state index in [1.54, 1.807) is 53.5 Å². The van der Waals surface area contributed by atoms with Gasteiger partial charge in [0, 0.05) is 34.2 Å². The van der Waals surface area contributed by atoms with E-state index in [4.69, 9.17) is 0 Å². The summed E-state index contributed by atoms with van der Waals surface area (Å²) in [7, 11) is 0. The van der Waals surface area contributed by atoms with Crippen LogP contribution in [0.1, 0.15) is 11.1 Å². The first-order valence-electron chi connectivity index (χ1n) is 9.14. The van der Waals surface area contributed by atoms with Crippen LogP contribution < -0.4 is 0 Å². The maximum Gasteiger partial charge on any atom is 0.425 e. The lowest BCUT2D eigenvalue weighted by atomic mass is 9.85. The molecule has 0 spiro atoms. The van der Waals surface area contributed by atoms with Crippen LogP contribution in [0, 0.1) is 0 Å². The zero-order chi connectivity index (χ0) is 20.9. The van der Waals surface area contributed by atoms with Crippen LogP contribution in [-0.2, 0) is 5.60 Å². The van der Waals surface area contributed by atoms with Gasteiger partial charge in [-0.15, -0.1) is 0 Å². The predicted octanol–water partition coefficient (Wildman–Crippen LogP) is 4.70. The van der Waals surface area contributed by atoms with Crippen molar-refractivity contribution in [3.8, 4) is 5.69 Å². The number of benzene rings is 2. The van der Waals surface area contributed by atoms with E-state index in [9.17, 15) is 18.3 Å². The molecule has 2 aromatic carbocycles. The Morgan fingerprint density at radius 3 is 2.57 bits per heavy atom. The molecule has 5 rings (SSSR count). The molecule has 0 aliphatic heterocycles. The molecule has 150 valence electrons. The molecular formula is C22H15F3N4O. The molecule has 5 aromatic rings. The molecule has 1 unspecified atom stereocenters. The number of nitrogens with zero attached hydrogens (tertiary/aromatic N) is 3. The summed E-state index contributed by atoms with van der Waals surface area (Å²) in [5.41, 5.74) is -1.90. The van der Waals surface area contributed by atoms with E-state index >= 15 is 0 Å². The first-order valence-corrected chi connectivity index (χ1v) is 9.14. The number of para-hydroxylation sites is 1. The Kier molecular flexibility index (Phi) is 3.94. The first kappa shape index (κ1) is 18.4. The van der Waals surface area contributed by atoms with Crippen LogP contribution in [0.15, 0.2) is 79.4 Å². The second-order valence-corrected chi connectivity index (χ2v) is 7.00. The Morgan fingerprint density at radius 2 is 1.80 bits per heavy atom. The highest BCUT2D eigenvalue weighted by Crippen LogP contribution is 2.47. The van der Waals surface area contributed by atoms with Gasteiger partial charge in [0.25, 0.3) is 0 Å². The number of nitrogens with one attached hydrogen (secondary N) is 1. The van der Waals surface area contributed by atoms with Crippen molar-refractivity contribution in [2.24, 2.45) is 0 Å². The van der Waals surface area contributed by atoms with E-state index < -0.39 is 11.8 Å². The number of aromatic amines is 1. The number of H-pyrrole nitrogens is 1. The number of fused-ring (bicyclic) bond motifs is 2. The lowest BCUT2D eigenvalue weighted by Gasteiger charge is -2.31. The fraction of sp³-hybridized carbons (Fsp3) is 0.0909. The van der Waals surface area contributed by atoms with Crippen molar-refractivity contribution in [3.05, 3.63) is 90.5 Å². The standard InChI is InChI=1S/C22H15F3N4O/c23-22(24,25)21(30,18-13-27-19-6-2-1-5-17(18)19)15-7-8-20-14(10-15)11-28-29(20)16-4-3-9-26-12-16/h1-13,27,30H. The van der Waals surface area contributed by atoms with Crippen LogP contribution in [0.4, 0.5) is 13.2 Å². The molecule has 8 heteroatoms. The van der Waals surface area contributed by atoms with Crippen LogP contribution in [-0.4, -0.2) is 31.0 Å². The highest BCUT2D eigenvalue weighted by atomic mass is 19.4. The molecule has 0 saturated carbocycles. The van der Waals surface area contributed by atoms with E-state index in [1.807, 2.05) is 0 Å². The summed E-state index contributed by atoms with van der Waals surface area (Å²) in [6.07, 6.45) is 0.973. The fourth-order valence-corrected chi connectivity index (χ4v) is 3.79. The third kappa shape index (κ3) is 2.61. The topological polar surface area (TPSA) is 66.7 Å². The summed E-state index contributed by atoms with van der Waals surface area (Å²) >= 11 is 0. The molecule has 0 radical (unpaired) electrons. The summed E-state index contributed by atoms with van der Waals surface area (Å²) in [6.45, 7) is 0. The van der Waals surface area contributed by atoms with Gasteiger partial charge in [-0.1, -0.05) is 24.3 Å². The highest BCUT2D eigenvalue weighted by Gasteiger charge is 2.57. The maximum atomic E-state index is 14.3. The summed E-state index contributed by atoms with van der Waals surface area (Å²) in [6, 6.07) is 14.2. The average molecular weight is 408 g/mol. The normalized spacial score (nSPS) is 14.3. The van der Waals surface area contributed by atoms with Gasteiger partial charge in [-0.25, -0.2) is 4.68 Å². The van der Waals surface area contributed by atoms with Crippen LogP contribution >= 0.6 is 0 Å². The van der Waals surface area contributed by atoms with E-state index in [-0.39, 0.29) is 11.1 Å². The van der Waals surface area contributed by atoms with Crippen molar-refractivity contribution in [1.29, 1.82) is 0 Å². The molecule has 3 aromatic heterocycles. The molecule has 0 aliphatic carbocycles. The van der Waals surface area contributed by atoms with Crippen molar-refractivity contribution in [1.82, 2.24) is 19.7 Å². The van der Waals surface area contributed by atoms with Gasteiger partial charge >= 0.3 is 6.18 Å². The van der Waals surface area contributed by atoms with Crippen LogP contribution in [0.5, 0.6) is 0 Å². The zero-order valence-corrected chi connectivity index (χ0v) is 15.4. The summed E-state index contributed by atoms with van der Waals surface area (Å²) < 4.78 is 44.4. The van der Waals surface area contributed by atoms with Gasteiger partial charge in [-0.3, -0.25) is 4.98 Å². The minimum absolute atomic E-state index is 0.246. The van der Waals surface area contributed by atoms with Crippen molar-refractivity contribution >= 4 is 21.8 Å². The van der Waals surface area contributed by atoms with Gasteiger partial charge in [-0.2, -0.15) is 18.3 Å². The van der Waals surface area contributed by atoms with Gasteiger partial charge in [0.15, 0.2) is 0 Å². The third-order valence-electron chi connectivity index (χ3n) is 5.27. The van der Waals surface area contributed by atoms with Crippen LogP contribution in [0.25, 0.3) is 27.5 Å². The highest BCUT2D eigenvalue weighted by molar-refractivity contribution is 5.86. The molecule has 0 aliphatic rings. The van der Waals surface area contributed by atoms with Gasteiger partial charge in [0.1, 0.15) is 0 Å². The molecule has 30 heavy (non-hydrogen) atoms. The van der Waals surface area contributed by atoms with Gasteiger partial charge < -0.3 is 10.1 Å². The summed E-state index contributed by atoms with van der Waals surface area (Å²) in [5, 5.41) is 16.1. The Balaban J connectivity index is 1.71. The number of rotatable bonds is 3. The fourth-order valence-electron chi connectivity index (χ4n) is 3.79. The summed E-state index contributed by atoms with van der Waals surface area (Å²) in [4.78, 5) is 6.86. The Bertz CT molecular complexity index is 1360. The minimum atomic E-state index is -4.94. The van der Waals surface area contributed by atoms with Crippen molar-refractivity contribution < 1.29 is 18.3 Å². The molecule has 0 amide bonds. The first-order chi connectivity index (χ1) is 14.4. The lowest BCUT2D eigenvalue weighted by Crippen LogP contribution is -2.43. The van der Waals surface area contributed by atoms with E-state index in [1.165, 1.54) is 30.6 Å². The minimum Gasteiger partial charge on any atom is -0.372 e. The maximum absolute atomic E-state index is 14.3. The molecule has 2 N–H and O–H groups in total. The third-order valence-corrected chi connectivity index (χ3v) is 5.27. The van der Waals surface area contributed by atoms with E-state index in [0.29, 0.717) is 27.5 Å². The van der Waals surface area contributed by atoms with Gasteiger partial charge in [0.2, 0.25) is 5.60 Å². The zero-order valence-electron chi connectivity index (χ0n) is 15.4.